The fourth-order valence-electron chi connectivity index (χ4n) is 4.43. The number of fused-ring (bicyclic) bond motifs is 1. The lowest BCUT2D eigenvalue weighted by Gasteiger charge is -2.32. The van der Waals surface area contributed by atoms with Gasteiger partial charge in [0.25, 0.3) is 0 Å². The molecule has 2 aliphatic rings. The summed E-state index contributed by atoms with van der Waals surface area (Å²) in [6.45, 7) is 1.53. The molecular formula is C22H27BN4O7S. The number of anilines is 1. The number of carboxylic acids is 1. The third kappa shape index (κ3) is 5.58. The van der Waals surface area contributed by atoms with Crippen LogP contribution in [0.2, 0.25) is 5.82 Å². The Labute approximate surface area is 206 Å². The molecule has 4 rings (SSSR count). The van der Waals surface area contributed by atoms with Crippen molar-refractivity contribution in [2.24, 2.45) is 11.7 Å². The second kappa shape index (κ2) is 10.6. The molecule has 1 aromatic heterocycles. The Morgan fingerprint density at radius 1 is 1.31 bits per heavy atom. The van der Waals surface area contributed by atoms with Crippen LogP contribution in [0.3, 0.4) is 0 Å². The number of benzene rings is 1. The zero-order chi connectivity index (χ0) is 25.1. The monoisotopic (exact) mass is 502 g/mol. The van der Waals surface area contributed by atoms with Crippen molar-refractivity contribution in [3.8, 4) is 5.75 Å². The van der Waals surface area contributed by atoms with Crippen LogP contribution >= 0.6 is 11.3 Å². The maximum Gasteiger partial charge on any atom is 0.526 e. The standard InChI is InChI=1S/C22H27BN4O7S/c24-10-12-4-6-27(7-5-12)22(31)33-19(16-11-35-21(25)26-16)17(28)9-14-8-13-2-1-3-15(20(29)30)18(13)34-23(14)32/h1-3,11-12,14,19,32H,4-10,24H2,(H2,25,26)(H,29,30)/t14-,19?/m1/s1. The Morgan fingerprint density at radius 2 is 2.06 bits per heavy atom. The van der Waals surface area contributed by atoms with Crippen molar-refractivity contribution in [2.45, 2.75) is 37.6 Å². The van der Waals surface area contributed by atoms with E-state index in [0.717, 1.165) is 24.2 Å². The predicted octanol–water partition coefficient (Wildman–Crippen LogP) is 1.72. The van der Waals surface area contributed by atoms with Crippen LogP contribution in [0.5, 0.6) is 5.75 Å². The summed E-state index contributed by atoms with van der Waals surface area (Å²) in [7, 11) is -1.40. The van der Waals surface area contributed by atoms with Crippen LogP contribution in [0, 0.1) is 5.92 Å². The van der Waals surface area contributed by atoms with E-state index in [1.165, 1.54) is 6.07 Å². The van der Waals surface area contributed by atoms with Gasteiger partial charge in [-0.2, -0.15) is 0 Å². The summed E-state index contributed by atoms with van der Waals surface area (Å²) in [5, 5.41) is 21.7. The van der Waals surface area contributed by atoms with Crippen LogP contribution in [0.25, 0.3) is 0 Å². The number of likely N-dealkylation sites (tertiary alicyclic amines) is 1. The summed E-state index contributed by atoms with van der Waals surface area (Å²) < 4.78 is 11.1. The van der Waals surface area contributed by atoms with Gasteiger partial charge in [-0.15, -0.1) is 11.3 Å². The summed E-state index contributed by atoms with van der Waals surface area (Å²) in [4.78, 5) is 43.3. The molecule has 2 atom stereocenters. The quantitative estimate of drug-likeness (QED) is 0.408. The molecule has 1 unspecified atom stereocenters. The summed E-state index contributed by atoms with van der Waals surface area (Å²) in [6.07, 6.45) is -0.350. The number of ether oxygens (including phenoxy) is 1. The van der Waals surface area contributed by atoms with Gasteiger partial charge in [-0.1, -0.05) is 12.1 Å². The van der Waals surface area contributed by atoms with Crippen LogP contribution in [-0.2, 0) is 16.0 Å². The minimum atomic E-state index is -1.40. The van der Waals surface area contributed by atoms with Crippen molar-refractivity contribution in [3.05, 3.63) is 40.4 Å². The highest BCUT2D eigenvalue weighted by Crippen LogP contribution is 2.37. The lowest BCUT2D eigenvalue weighted by molar-refractivity contribution is -0.128. The minimum absolute atomic E-state index is 0.0607. The SMILES string of the molecule is NCC1CCN(C(=O)OC(C(=O)C[C@H]2Cc3cccc(C(=O)O)c3OB2O)c2csc(N)n2)CC1. The van der Waals surface area contributed by atoms with Crippen LogP contribution in [-0.4, -0.2) is 64.6 Å². The number of thiazole rings is 1. The molecule has 11 nitrogen and oxygen atoms in total. The normalized spacial score (nSPS) is 19.0. The number of nitrogen functional groups attached to an aromatic ring is 1. The van der Waals surface area contributed by atoms with Gasteiger partial charge in [0.1, 0.15) is 11.4 Å². The fourth-order valence-corrected chi connectivity index (χ4v) is 5.01. The number of para-hydroxylation sites is 1. The number of ketones is 1. The first-order valence-electron chi connectivity index (χ1n) is 11.4. The van der Waals surface area contributed by atoms with Crippen molar-refractivity contribution < 1.29 is 33.9 Å². The van der Waals surface area contributed by atoms with Gasteiger partial charge in [-0.05, 0) is 43.4 Å². The Hall–Kier alpha value is -3.16. The largest absolute Gasteiger partial charge is 0.535 e. The number of rotatable bonds is 7. The second-order valence-corrected chi connectivity index (χ2v) is 9.67. The van der Waals surface area contributed by atoms with Crippen molar-refractivity contribution >= 4 is 41.4 Å². The third-order valence-corrected chi connectivity index (χ3v) is 7.13. The smallest absolute Gasteiger partial charge is 0.526 e. The molecule has 35 heavy (non-hydrogen) atoms. The first-order valence-corrected chi connectivity index (χ1v) is 12.2. The van der Waals surface area contributed by atoms with E-state index in [4.69, 9.17) is 20.9 Å². The van der Waals surface area contributed by atoms with E-state index in [0.29, 0.717) is 31.1 Å². The van der Waals surface area contributed by atoms with Crippen molar-refractivity contribution in [2.75, 3.05) is 25.4 Å². The second-order valence-electron chi connectivity index (χ2n) is 8.78. The zero-order valence-corrected chi connectivity index (χ0v) is 19.8. The highest BCUT2D eigenvalue weighted by atomic mass is 32.1. The van der Waals surface area contributed by atoms with Gasteiger partial charge in [-0.25, -0.2) is 14.6 Å². The van der Waals surface area contributed by atoms with E-state index >= 15 is 0 Å². The number of carbonyl (C=O) groups is 3. The first-order chi connectivity index (χ1) is 16.8. The molecule has 1 saturated heterocycles. The molecule has 13 heteroatoms. The molecule has 1 aromatic carbocycles. The fraction of sp³-hybridized carbons (Fsp3) is 0.455. The van der Waals surface area contributed by atoms with Crippen LogP contribution in [0.15, 0.2) is 23.6 Å². The molecule has 1 amide bonds. The van der Waals surface area contributed by atoms with Gasteiger partial charge in [0.05, 0.1) is 5.56 Å². The van der Waals surface area contributed by atoms with Crippen LogP contribution in [0.4, 0.5) is 9.93 Å². The van der Waals surface area contributed by atoms with Gasteiger partial charge < -0.3 is 35.9 Å². The van der Waals surface area contributed by atoms with Gasteiger partial charge in [0.15, 0.2) is 10.9 Å². The number of nitrogens with zero attached hydrogens (tertiary/aromatic N) is 2. The van der Waals surface area contributed by atoms with Crippen molar-refractivity contribution in [1.29, 1.82) is 0 Å². The summed E-state index contributed by atoms with van der Waals surface area (Å²) in [5.74, 6) is -1.87. The van der Waals surface area contributed by atoms with Crippen molar-refractivity contribution in [1.82, 2.24) is 9.88 Å². The van der Waals surface area contributed by atoms with E-state index in [-0.39, 0.29) is 35.0 Å². The first kappa shape index (κ1) is 25.0. The maximum absolute atomic E-state index is 13.3. The van der Waals surface area contributed by atoms with Gasteiger partial charge >= 0.3 is 19.2 Å². The molecule has 0 bridgehead atoms. The number of amides is 1. The van der Waals surface area contributed by atoms with Crippen LogP contribution in [0.1, 0.15) is 47.0 Å². The molecule has 1 fully saturated rings. The average molecular weight is 502 g/mol. The van der Waals surface area contributed by atoms with E-state index in [9.17, 15) is 24.5 Å². The van der Waals surface area contributed by atoms with Crippen LogP contribution < -0.4 is 16.1 Å². The predicted molar refractivity (Wildman–Crippen MR) is 128 cm³/mol. The zero-order valence-electron chi connectivity index (χ0n) is 19.0. The van der Waals surface area contributed by atoms with Crippen molar-refractivity contribution in [3.63, 3.8) is 0 Å². The molecule has 186 valence electrons. The number of Topliss-reactive ketones (excluding diaryl/α,β-unsaturated/α-hetero) is 1. The topological polar surface area (TPSA) is 178 Å². The number of aromatic nitrogens is 1. The van der Waals surface area contributed by atoms with E-state index < -0.39 is 36.9 Å². The average Bonchev–Trinajstić information content (AvgIpc) is 3.28. The molecule has 0 radical (unpaired) electrons. The summed E-state index contributed by atoms with van der Waals surface area (Å²) in [5.41, 5.74) is 12.2. The Kier molecular flexibility index (Phi) is 7.58. The minimum Gasteiger partial charge on any atom is -0.535 e. The summed E-state index contributed by atoms with van der Waals surface area (Å²) >= 11 is 1.12. The van der Waals surface area contributed by atoms with E-state index in [1.54, 1.807) is 22.4 Å². The lowest BCUT2D eigenvalue weighted by atomic mass is 9.64. The molecule has 0 saturated carbocycles. The highest BCUT2D eigenvalue weighted by Gasteiger charge is 2.40. The molecule has 2 aromatic rings. The molecule has 3 heterocycles. The maximum atomic E-state index is 13.3. The molecule has 0 spiro atoms. The molecule has 0 aliphatic carbocycles. The highest BCUT2D eigenvalue weighted by molar-refractivity contribution is 7.13. The number of aromatic carboxylic acids is 1. The number of piperidine rings is 1. The number of hydrogen-bond donors (Lipinski definition) is 4. The number of hydrogen-bond acceptors (Lipinski definition) is 10. The Morgan fingerprint density at radius 3 is 2.69 bits per heavy atom. The Balaban J connectivity index is 1.48. The van der Waals surface area contributed by atoms with E-state index in [2.05, 4.69) is 4.98 Å². The molecular weight excluding hydrogens is 475 g/mol. The number of carbonyl (C=O) groups excluding carboxylic acids is 2. The Bertz CT molecular complexity index is 1110. The summed E-state index contributed by atoms with van der Waals surface area (Å²) in [6, 6.07) is 4.66. The van der Waals surface area contributed by atoms with E-state index in [1.807, 2.05) is 0 Å². The molecule has 6 N–H and O–H groups in total. The third-order valence-electron chi connectivity index (χ3n) is 6.44. The van der Waals surface area contributed by atoms with Gasteiger partial charge in [-0.3, -0.25) is 4.79 Å². The molecule has 2 aliphatic heterocycles. The van der Waals surface area contributed by atoms with Gasteiger partial charge in [0.2, 0.25) is 6.10 Å². The number of carboxylic acid groups (broad SMARTS) is 1. The number of nitrogens with two attached hydrogens (primary N) is 2. The van der Waals surface area contributed by atoms with Gasteiger partial charge in [0, 0.05) is 30.7 Å². The lowest BCUT2D eigenvalue weighted by Crippen LogP contribution is -2.41.